The van der Waals surface area contributed by atoms with Crippen molar-refractivity contribution in [3.05, 3.63) is 22.4 Å². The molecule has 1 aromatic rings. The van der Waals surface area contributed by atoms with Crippen molar-refractivity contribution >= 4 is 41.3 Å². The summed E-state index contributed by atoms with van der Waals surface area (Å²) in [6.07, 6.45) is 0. The first-order valence-corrected chi connectivity index (χ1v) is 9.13. The molecule has 0 radical (unpaired) electrons. The number of thiophene rings is 1. The van der Waals surface area contributed by atoms with Gasteiger partial charge in [0, 0.05) is 49.6 Å². The van der Waals surface area contributed by atoms with Crippen LogP contribution in [0, 0.1) is 5.92 Å². The largest absolute Gasteiger partial charge is 0.356 e. The summed E-state index contributed by atoms with van der Waals surface area (Å²) in [5.74, 6) is 2.08. The Balaban J connectivity index is 0.00000264. The van der Waals surface area contributed by atoms with Crippen LogP contribution in [-0.2, 0) is 0 Å². The third-order valence-electron chi connectivity index (χ3n) is 4.52. The molecule has 2 N–H and O–H groups in total. The Morgan fingerprint density at radius 2 is 2.13 bits per heavy atom. The second-order valence-electron chi connectivity index (χ2n) is 6.65. The number of halogens is 1. The number of hydrogen-bond donors (Lipinski definition) is 2. The van der Waals surface area contributed by atoms with E-state index in [0.29, 0.717) is 23.9 Å². The SMILES string of the molecule is CN=C(NCC(C)c1cccs1)NC1CN(C(C)C)CC1C.I. The normalized spacial score (nSPS) is 23.7. The average molecular weight is 450 g/mol. The summed E-state index contributed by atoms with van der Waals surface area (Å²) in [5.41, 5.74) is 0. The van der Waals surface area contributed by atoms with Crippen LogP contribution in [0.3, 0.4) is 0 Å². The lowest BCUT2D eigenvalue weighted by atomic mass is 10.1. The van der Waals surface area contributed by atoms with Crippen molar-refractivity contribution in [1.29, 1.82) is 0 Å². The molecular weight excluding hydrogens is 419 g/mol. The highest BCUT2D eigenvalue weighted by Crippen LogP contribution is 2.20. The van der Waals surface area contributed by atoms with E-state index in [4.69, 9.17) is 0 Å². The predicted octanol–water partition coefficient (Wildman–Crippen LogP) is 3.36. The Morgan fingerprint density at radius 1 is 1.39 bits per heavy atom. The number of guanidine groups is 1. The minimum atomic E-state index is 0. The molecule has 2 rings (SSSR count). The molecule has 1 aliphatic heterocycles. The van der Waals surface area contributed by atoms with E-state index in [9.17, 15) is 0 Å². The minimum absolute atomic E-state index is 0. The quantitative estimate of drug-likeness (QED) is 0.411. The van der Waals surface area contributed by atoms with Crippen LogP contribution in [0.2, 0.25) is 0 Å². The molecule has 4 nitrogen and oxygen atoms in total. The Hall–Kier alpha value is -0.340. The molecular formula is C17H31IN4S. The van der Waals surface area contributed by atoms with Crippen molar-refractivity contribution in [3.8, 4) is 0 Å². The van der Waals surface area contributed by atoms with Crippen LogP contribution in [-0.4, -0.2) is 49.6 Å². The molecule has 0 bridgehead atoms. The van der Waals surface area contributed by atoms with Crippen LogP contribution >= 0.6 is 35.3 Å². The van der Waals surface area contributed by atoms with E-state index in [1.54, 1.807) is 0 Å². The summed E-state index contributed by atoms with van der Waals surface area (Å²) in [6, 6.07) is 5.41. The second-order valence-corrected chi connectivity index (χ2v) is 7.62. The van der Waals surface area contributed by atoms with Gasteiger partial charge in [-0.2, -0.15) is 0 Å². The molecule has 2 heterocycles. The number of likely N-dealkylation sites (tertiary alicyclic amines) is 1. The summed E-state index contributed by atoms with van der Waals surface area (Å²) in [6.45, 7) is 12.3. The van der Waals surface area contributed by atoms with Crippen LogP contribution in [0.1, 0.15) is 38.5 Å². The number of nitrogens with one attached hydrogen (secondary N) is 2. The Bertz CT molecular complexity index is 475. The van der Waals surface area contributed by atoms with E-state index < -0.39 is 0 Å². The molecule has 6 heteroatoms. The Kier molecular flexibility index (Phi) is 8.85. The minimum Gasteiger partial charge on any atom is -0.356 e. The fraction of sp³-hybridized carbons (Fsp3) is 0.706. The van der Waals surface area contributed by atoms with Gasteiger partial charge >= 0.3 is 0 Å². The third-order valence-corrected chi connectivity index (χ3v) is 5.63. The van der Waals surface area contributed by atoms with Crippen LogP contribution < -0.4 is 10.6 Å². The molecule has 3 unspecified atom stereocenters. The zero-order valence-corrected chi connectivity index (χ0v) is 18.0. The van der Waals surface area contributed by atoms with Gasteiger partial charge in [-0.25, -0.2) is 0 Å². The molecule has 3 atom stereocenters. The Morgan fingerprint density at radius 3 is 2.65 bits per heavy atom. The maximum Gasteiger partial charge on any atom is 0.191 e. The predicted molar refractivity (Wildman–Crippen MR) is 112 cm³/mol. The zero-order valence-electron chi connectivity index (χ0n) is 14.9. The van der Waals surface area contributed by atoms with Crippen LogP contribution in [0.4, 0.5) is 0 Å². The third kappa shape index (κ3) is 5.90. The monoisotopic (exact) mass is 450 g/mol. The maximum absolute atomic E-state index is 4.39. The number of nitrogens with zero attached hydrogens (tertiary/aromatic N) is 2. The topological polar surface area (TPSA) is 39.7 Å². The van der Waals surface area contributed by atoms with Crippen LogP contribution in [0.15, 0.2) is 22.5 Å². The average Bonchev–Trinajstić information content (AvgIpc) is 3.13. The molecule has 0 amide bonds. The molecule has 1 aliphatic rings. The molecule has 0 saturated carbocycles. The summed E-state index contributed by atoms with van der Waals surface area (Å²) in [5, 5.41) is 9.22. The number of hydrogen-bond acceptors (Lipinski definition) is 3. The highest BCUT2D eigenvalue weighted by Gasteiger charge is 2.31. The zero-order chi connectivity index (χ0) is 16.1. The Labute approximate surface area is 162 Å². The summed E-state index contributed by atoms with van der Waals surface area (Å²) < 4.78 is 0. The lowest BCUT2D eigenvalue weighted by Crippen LogP contribution is -2.47. The molecule has 0 aliphatic carbocycles. The van der Waals surface area contributed by atoms with Gasteiger partial charge in [-0.1, -0.05) is 19.9 Å². The van der Waals surface area contributed by atoms with Gasteiger partial charge in [-0.3, -0.25) is 9.89 Å². The van der Waals surface area contributed by atoms with Gasteiger partial charge in [0.1, 0.15) is 0 Å². The van der Waals surface area contributed by atoms with Crippen LogP contribution in [0.25, 0.3) is 0 Å². The van der Waals surface area contributed by atoms with Gasteiger partial charge in [-0.05, 0) is 31.2 Å². The van der Waals surface area contributed by atoms with Crippen molar-refractivity contribution < 1.29 is 0 Å². The standard InChI is InChI=1S/C17H30N4S.HI/c1-12(2)21-10-14(4)15(11-21)20-17(18-5)19-9-13(3)16-7-6-8-22-16;/h6-8,12-15H,9-11H2,1-5H3,(H2,18,19,20);1H. The smallest absolute Gasteiger partial charge is 0.191 e. The highest BCUT2D eigenvalue weighted by atomic mass is 127. The lowest BCUT2D eigenvalue weighted by molar-refractivity contribution is 0.265. The van der Waals surface area contributed by atoms with Crippen molar-refractivity contribution in [2.75, 3.05) is 26.7 Å². The first kappa shape index (κ1) is 20.7. The number of aliphatic imine (C=N–C) groups is 1. The van der Waals surface area contributed by atoms with Crippen LogP contribution in [0.5, 0.6) is 0 Å². The van der Waals surface area contributed by atoms with Gasteiger partial charge in [0.2, 0.25) is 0 Å². The molecule has 0 spiro atoms. The first-order valence-electron chi connectivity index (χ1n) is 8.26. The van der Waals surface area contributed by atoms with Crippen molar-refractivity contribution in [3.63, 3.8) is 0 Å². The van der Waals surface area contributed by atoms with Gasteiger partial charge < -0.3 is 10.6 Å². The molecule has 23 heavy (non-hydrogen) atoms. The van der Waals surface area contributed by atoms with E-state index in [2.05, 4.69) is 65.7 Å². The van der Waals surface area contributed by atoms with Crippen molar-refractivity contribution in [2.45, 2.75) is 45.7 Å². The van der Waals surface area contributed by atoms with Gasteiger partial charge in [-0.15, -0.1) is 35.3 Å². The molecule has 1 saturated heterocycles. The summed E-state index contributed by atoms with van der Waals surface area (Å²) in [7, 11) is 1.85. The molecule has 132 valence electrons. The molecule has 1 aromatic heterocycles. The van der Waals surface area contributed by atoms with Crippen molar-refractivity contribution in [2.24, 2.45) is 10.9 Å². The van der Waals surface area contributed by atoms with Gasteiger partial charge in [0.15, 0.2) is 5.96 Å². The fourth-order valence-electron chi connectivity index (χ4n) is 2.91. The highest BCUT2D eigenvalue weighted by molar-refractivity contribution is 14.0. The maximum atomic E-state index is 4.39. The van der Waals surface area contributed by atoms with Crippen molar-refractivity contribution in [1.82, 2.24) is 15.5 Å². The summed E-state index contributed by atoms with van der Waals surface area (Å²) >= 11 is 1.82. The second kappa shape index (κ2) is 9.84. The molecule has 0 aromatic carbocycles. The number of rotatable bonds is 5. The first-order chi connectivity index (χ1) is 10.5. The van der Waals surface area contributed by atoms with Gasteiger partial charge in [0.05, 0.1) is 0 Å². The van der Waals surface area contributed by atoms with E-state index >= 15 is 0 Å². The van der Waals surface area contributed by atoms with E-state index in [-0.39, 0.29) is 24.0 Å². The molecule has 1 fully saturated rings. The van der Waals surface area contributed by atoms with E-state index in [1.807, 2.05) is 18.4 Å². The van der Waals surface area contributed by atoms with E-state index in [0.717, 1.165) is 25.6 Å². The van der Waals surface area contributed by atoms with Gasteiger partial charge in [0.25, 0.3) is 0 Å². The lowest BCUT2D eigenvalue weighted by Gasteiger charge is -2.22. The fourth-order valence-corrected chi connectivity index (χ4v) is 3.69. The van der Waals surface area contributed by atoms with E-state index in [1.165, 1.54) is 4.88 Å². The summed E-state index contributed by atoms with van der Waals surface area (Å²) in [4.78, 5) is 8.34.